The lowest BCUT2D eigenvalue weighted by molar-refractivity contribution is 0.222. The number of anilines is 1. The third-order valence-electron chi connectivity index (χ3n) is 4.52. The van der Waals surface area contributed by atoms with E-state index >= 15 is 0 Å². The minimum absolute atomic E-state index is 0.0916. The SMILES string of the molecule is C/C(=N\Nc1ccc(S(=O)(=O)N2CCN(C)CC2)cn1)c1cc(F)ccc1O. The van der Waals surface area contributed by atoms with E-state index < -0.39 is 15.8 Å². The maximum atomic E-state index is 13.3. The Bertz CT molecular complexity index is 971. The highest BCUT2D eigenvalue weighted by molar-refractivity contribution is 7.89. The molecule has 150 valence electrons. The second kappa shape index (κ2) is 8.21. The highest BCUT2D eigenvalue weighted by Crippen LogP contribution is 2.20. The van der Waals surface area contributed by atoms with Crippen molar-refractivity contribution in [1.82, 2.24) is 14.2 Å². The molecule has 1 aromatic heterocycles. The first kappa shape index (κ1) is 20.2. The van der Waals surface area contributed by atoms with Crippen LogP contribution in [0.25, 0.3) is 0 Å². The molecule has 2 heterocycles. The monoisotopic (exact) mass is 407 g/mol. The summed E-state index contributed by atoms with van der Waals surface area (Å²) in [6.07, 6.45) is 1.28. The molecule has 0 atom stereocenters. The highest BCUT2D eigenvalue weighted by atomic mass is 32.2. The second-order valence-corrected chi connectivity index (χ2v) is 8.49. The summed E-state index contributed by atoms with van der Waals surface area (Å²) in [5, 5.41) is 13.9. The summed E-state index contributed by atoms with van der Waals surface area (Å²) < 4.78 is 40.2. The van der Waals surface area contributed by atoms with Crippen LogP contribution in [0.15, 0.2) is 46.5 Å². The molecule has 0 aliphatic carbocycles. The van der Waals surface area contributed by atoms with Gasteiger partial charge in [-0.1, -0.05) is 0 Å². The Kier molecular flexibility index (Phi) is 5.92. The largest absolute Gasteiger partial charge is 0.507 e. The first-order valence-corrected chi connectivity index (χ1v) is 10.2. The summed E-state index contributed by atoms with van der Waals surface area (Å²) >= 11 is 0. The summed E-state index contributed by atoms with van der Waals surface area (Å²) in [5.41, 5.74) is 3.29. The van der Waals surface area contributed by atoms with Gasteiger partial charge in [0.15, 0.2) is 0 Å². The smallest absolute Gasteiger partial charge is 0.244 e. The molecule has 8 nitrogen and oxygen atoms in total. The highest BCUT2D eigenvalue weighted by Gasteiger charge is 2.27. The van der Waals surface area contributed by atoms with Crippen molar-refractivity contribution in [1.29, 1.82) is 0 Å². The topological polar surface area (TPSA) is 98.1 Å². The molecular weight excluding hydrogens is 385 g/mol. The van der Waals surface area contributed by atoms with E-state index in [9.17, 15) is 17.9 Å². The average Bonchev–Trinajstić information content (AvgIpc) is 2.68. The van der Waals surface area contributed by atoms with E-state index in [1.807, 2.05) is 7.05 Å². The maximum Gasteiger partial charge on any atom is 0.244 e. The lowest BCUT2D eigenvalue weighted by Gasteiger charge is -2.31. The van der Waals surface area contributed by atoms with E-state index in [1.54, 1.807) is 6.92 Å². The van der Waals surface area contributed by atoms with Crippen LogP contribution in [0.4, 0.5) is 10.2 Å². The zero-order valence-electron chi connectivity index (χ0n) is 15.6. The number of sulfonamides is 1. The van der Waals surface area contributed by atoms with Gasteiger partial charge >= 0.3 is 0 Å². The van der Waals surface area contributed by atoms with Gasteiger partial charge in [0.2, 0.25) is 10.0 Å². The summed E-state index contributed by atoms with van der Waals surface area (Å²) in [6, 6.07) is 6.55. The molecule has 28 heavy (non-hydrogen) atoms. The molecule has 0 bridgehead atoms. The van der Waals surface area contributed by atoms with Crippen LogP contribution in [0.1, 0.15) is 12.5 Å². The first-order valence-electron chi connectivity index (χ1n) is 8.71. The van der Waals surface area contributed by atoms with Gasteiger partial charge in [0.05, 0.1) is 5.71 Å². The predicted octanol–water partition coefficient (Wildman–Crippen LogP) is 1.70. The van der Waals surface area contributed by atoms with E-state index in [0.29, 0.717) is 37.7 Å². The number of pyridine rings is 1. The Labute approximate surface area is 163 Å². The lowest BCUT2D eigenvalue weighted by atomic mass is 10.1. The van der Waals surface area contributed by atoms with E-state index in [4.69, 9.17) is 0 Å². The third-order valence-corrected chi connectivity index (χ3v) is 6.41. The van der Waals surface area contributed by atoms with Crippen LogP contribution < -0.4 is 5.43 Å². The zero-order chi connectivity index (χ0) is 20.3. The molecule has 0 spiro atoms. The van der Waals surface area contributed by atoms with Crippen LogP contribution >= 0.6 is 0 Å². The lowest BCUT2D eigenvalue weighted by Crippen LogP contribution is -2.47. The number of aromatic hydroxyl groups is 1. The molecule has 1 saturated heterocycles. The van der Waals surface area contributed by atoms with Crippen LogP contribution in [0.5, 0.6) is 5.75 Å². The van der Waals surface area contributed by atoms with Crippen LogP contribution in [0, 0.1) is 5.82 Å². The number of piperazine rings is 1. The van der Waals surface area contributed by atoms with Gasteiger partial charge in [-0.05, 0) is 44.3 Å². The molecule has 1 aliphatic heterocycles. The number of aromatic nitrogens is 1. The van der Waals surface area contributed by atoms with Crippen LogP contribution in [0.3, 0.4) is 0 Å². The normalized spacial score (nSPS) is 16.9. The van der Waals surface area contributed by atoms with E-state index in [0.717, 1.165) is 6.07 Å². The fraction of sp³-hybridized carbons (Fsp3) is 0.333. The van der Waals surface area contributed by atoms with Gasteiger partial charge in [-0.3, -0.25) is 5.43 Å². The standard InChI is InChI=1S/C18H22FN5O3S/c1-13(16-11-14(19)3-5-17(16)25)21-22-18-6-4-15(12-20-18)28(26,27)24-9-7-23(2)8-10-24/h3-6,11-12,25H,7-10H2,1-2H3,(H,20,22)/b21-13+. The number of hydrogen-bond acceptors (Lipinski definition) is 7. The van der Waals surface area contributed by atoms with Crippen molar-refractivity contribution in [3.8, 4) is 5.75 Å². The molecule has 1 aliphatic rings. The molecule has 10 heteroatoms. The number of nitrogens with one attached hydrogen (secondary N) is 1. The Morgan fingerprint density at radius 3 is 2.57 bits per heavy atom. The van der Waals surface area contributed by atoms with Crippen molar-refractivity contribution in [2.45, 2.75) is 11.8 Å². The Morgan fingerprint density at radius 1 is 1.21 bits per heavy atom. The second-order valence-electron chi connectivity index (χ2n) is 6.56. The number of benzene rings is 1. The number of phenolic OH excluding ortho intramolecular Hbond substituents is 1. The van der Waals surface area contributed by atoms with Crippen LogP contribution in [-0.4, -0.2) is 66.7 Å². The van der Waals surface area contributed by atoms with Crippen molar-refractivity contribution in [2.75, 3.05) is 38.7 Å². The summed E-state index contributed by atoms with van der Waals surface area (Å²) in [5.74, 6) is -0.252. The summed E-state index contributed by atoms with van der Waals surface area (Å²) in [6.45, 7) is 3.87. The van der Waals surface area contributed by atoms with Gasteiger partial charge in [0, 0.05) is 37.9 Å². The van der Waals surface area contributed by atoms with Crippen molar-refractivity contribution in [2.24, 2.45) is 5.10 Å². The molecule has 1 fully saturated rings. The van der Waals surface area contributed by atoms with Gasteiger partial charge in [-0.25, -0.2) is 17.8 Å². The van der Waals surface area contributed by atoms with E-state index in [-0.39, 0.29) is 16.2 Å². The molecule has 0 saturated carbocycles. The molecule has 3 rings (SSSR count). The molecular formula is C18H22FN5O3S. The third kappa shape index (κ3) is 4.46. The number of nitrogens with zero attached hydrogens (tertiary/aromatic N) is 4. The van der Waals surface area contributed by atoms with Crippen LogP contribution in [0.2, 0.25) is 0 Å². The van der Waals surface area contributed by atoms with E-state index in [1.165, 1.54) is 34.8 Å². The van der Waals surface area contributed by atoms with Crippen molar-refractivity contribution >= 4 is 21.6 Å². The van der Waals surface area contributed by atoms with Gasteiger partial charge in [0.25, 0.3) is 0 Å². The minimum Gasteiger partial charge on any atom is -0.507 e. The average molecular weight is 407 g/mol. The number of hydrogen-bond donors (Lipinski definition) is 2. The van der Waals surface area contributed by atoms with Crippen molar-refractivity contribution in [3.63, 3.8) is 0 Å². The van der Waals surface area contributed by atoms with Crippen molar-refractivity contribution in [3.05, 3.63) is 47.9 Å². The molecule has 0 amide bonds. The minimum atomic E-state index is -3.58. The number of rotatable bonds is 5. The zero-order valence-corrected chi connectivity index (χ0v) is 16.4. The number of halogens is 1. The molecule has 0 radical (unpaired) electrons. The molecule has 0 unspecified atom stereocenters. The van der Waals surface area contributed by atoms with Gasteiger partial charge in [0.1, 0.15) is 22.3 Å². The Balaban J connectivity index is 1.71. The Hall–Kier alpha value is -2.56. The quantitative estimate of drug-likeness (QED) is 0.578. The van der Waals surface area contributed by atoms with Crippen molar-refractivity contribution < 1.29 is 17.9 Å². The number of phenols is 1. The number of likely N-dealkylation sites (N-methyl/N-ethyl adjacent to an activating group) is 1. The van der Waals surface area contributed by atoms with Gasteiger partial charge in [-0.15, -0.1) is 0 Å². The predicted molar refractivity (Wildman–Crippen MR) is 104 cm³/mol. The molecule has 1 aromatic carbocycles. The molecule has 2 N–H and O–H groups in total. The Morgan fingerprint density at radius 2 is 1.93 bits per heavy atom. The van der Waals surface area contributed by atoms with Gasteiger partial charge in [-0.2, -0.15) is 9.41 Å². The van der Waals surface area contributed by atoms with Crippen LogP contribution in [-0.2, 0) is 10.0 Å². The number of hydrazone groups is 1. The summed E-state index contributed by atoms with van der Waals surface area (Å²) in [7, 11) is -1.62. The fourth-order valence-corrected chi connectivity index (χ4v) is 4.14. The molecule has 2 aromatic rings. The maximum absolute atomic E-state index is 13.3. The fourth-order valence-electron chi connectivity index (χ4n) is 2.78. The first-order chi connectivity index (χ1) is 13.3. The van der Waals surface area contributed by atoms with E-state index in [2.05, 4.69) is 20.4 Å². The summed E-state index contributed by atoms with van der Waals surface area (Å²) in [4.78, 5) is 6.28. The van der Waals surface area contributed by atoms with Gasteiger partial charge < -0.3 is 10.0 Å².